The number of pyridine rings is 2. The van der Waals surface area contributed by atoms with Crippen LogP contribution in [0.2, 0.25) is 0 Å². The summed E-state index contributed by atoms with van der Waals surface area (Å²) >= 11 is 0. The van der Waals surface area contributed by atoms with Crippen LogP contribution in [-0.4, -0.2) is 50.1 Å². The zero-order valence-electron chi connectivity index (χ0n) is 18.4. The van der Waals surface area contributed by atoms with Gasteiger partial charge in [-0.1, -0.05) is 0 Å². The van der Waals surface area contributed by atoms with E-state index in [1.807, 2.05) is 19.1 Å². The number of nitrogens with zero attached hydrogens (tertiary/aromatic N) is 5. The molecule has 1 fully saturated rings. The summed E-state index contributed by atoms with van der Waals surface area (Å²) in [6.07, 6.45) is 6.32. The van der Waals surface area contributed by atoms with Crippen LogP contribution in [0.1, 0.15) is 22.3 Å². The second-order valence-corrected chi connectivity index (χ2v) is 8.08. The summed E-state index contributed by atoms with van der Waals surface area (Å²) in [7, 11) is 0. The van der Waals surface area contributed by atoms with Crippen LogP contribution < -0.4 is 15.4 Å². The molecule has 4 aromatic rings. The molecule has 34 heavy (non-hydrogen) atoms. The molecule has 1 aliphatic rings. The van der Waals surface area contributed by atoms with E-state index in [1.165, 1.54) is 0 Å². The Balaban J connectivity index is 1.32. The summed E-state index contributed by atoms with van der Waals surface area (Å²) in [5.41, 5.74) is 2.10. The Morgan fingerprint density at radius 3 is 2.79 bits per heavy atom. The van der Waals surface area contributed by atoms with Gasteiger partial charge < -0.3 is 20.3 Å². The molecule has 4 heterocycles. The second kappa shape index (κ2) is 9.07. The number of nitriles is 1. The van der Waals surface area contributed by atoms with Crippen LogP contribution in [0.3, 0.4) is 0 Å². The van der Waals surface area contributed by atoms with E-state index in [0.717, 1.165) is 23.9 Å². The summed E-state index contributed by atoms with van der Waals surface area (Å²) in [6, 6.07) is 12.4. The number of nitrogens with one attached hydrogen (secondary N) is 3. The van der Waals surface area contributed by atoms with Gasteiger partial charge in [-0.2, -0.15) is 10.4 Å². The largest absolute Gasteiger partial charge is 0.456 e. The van der Waals surface area contributed by atoms with Crippen molar-refractivity contribution in [2.45, 2.75) is 19.4 Å². The number of anilines is 2. The molecule has 0 spiro atoms. The molecule has 1 aromatic carbocycles. The van der Waals surface area contributed by atoms with Gasteiger partial charge >= 0.3 is 0 Å². The van der Waals surface area contributed by atoms with Gasteiger partial charge in [0.2, 0.25) is 0 Å². The van der Waals surface area contributed by atoms with Gasteiger partial charge in [0, 0.05) is 43.2 Å². The number of carbonyl (C=O) groups is 1. The van der Waals surface area contributed by atoms with E-state index in [4.69, 9.17) is 10.00 Å². The SMILES string of the molecule is Cc1ccnc(NC(=O)c2ccc(Oc3ccnc4[nH]nc(NC5CCN(C#N)C5)c34)cc2)c1. The number of hydrogen-bond acceptors (Lipinski definition) is 8. The highest BCUT2D eigenvalue weighted by Crippen LogP contribution is 2.33. The number of benzene rings is 1. The van der Waals surface area contributed by atoms with Gasteiger partial charge in [-0.05, 0) is 55.3 Å². The van der Waals surface area contributed by atoms with Gasteiger partial charge in [0.15, 0.2) is 17.7 Å². The van der Waals surface area contributed by atoms with Crippen LogP contribution in [0.4, 0.5) is 11.6 Å². The average molecular weight is 454 g/mol. The zero-order valence-corrected chi connectivity index (χ0v) is 18.4. The van der Waals surface area contributed by atoms with Crippen LogP contribution in [-0.2, 0) is 0 Å². The molecule has 0 radical (unpaired) electrons. The average Bonchev–Trinajstić information content (AvgIpc) is 3.47. The third-order valence-corrected chi connectivity index (χ3v) is 5.60. The summed E-state index contributed by atoms with van der Waals surface area (Å²) < 4.78 is 6.12. The van der Waals surface area contributed by atoms with Crippen molar-refractivity contribution >= 4 is 28.6 Å². The van der Waals surface area contributed by atoms with Crippen molar-refractivity contribution in [3.05, 3.63) is 66.0 Å². The van der Waals surface area contributed by atoms with E-state index < -0.39 is 0 Å². The third-order valence-electron chi connectivity index (χ3n) is 5.60. The van der Waals surface area contributed by atoms with Gasteiger partial charge in [-0.3, -0.25) is 9.89 Å². The molecule has 0 bridgehead atoms. The molecule has 3 N–H and O–H groups in total. The van der Waals surface area contributed by atoms with Gasteiger partial charge in [-0.25, -0.2) is 9.97 Å². The maximum absolute atomic E-state index is 12.5. The number of hydrogen-bond donors (Lipinski definition) is 3. The minimum atomic E-state index is -0.250. The first kappa shape index (κ1) is 21.2. The minimum absolute atomic E-state index is 0.111. The van der Waals surface area contributed by atoms with Crippen molar-refractivity contribution in [2.24, 2.45) is 0 Å². The number of aromatic amines is 1. The van der Waals surface area contributed by atoms with Gasteiger partial charge in [0.05, 0.1) is 0 Å². The maximum Gasteiger partial charge on any atom is 0.256 e. The lowest BCUT2D eigenvalue weighted by atomic mass is 10.2. The van der Waals surface area contributed by atoms with Crippen molar-refractivity contribution in [3.8, 4) is 17.7 Å². The summed E-state index contributed by atoms with van der Waals surface area (Å²) in [5, 5.41) is 23.3. The molecule has 10 heteroatoms. The van der Waals surface area contributed by atoms with Gasteiger partial charge in [-0.15, -0.1) is 0 Å². The Labute approximate surface area is 195 Å². The molecule has 0 saturated carbocycles. The van der Waals surface area contributed by atoms with Crippen molar-refractivity contribution in [1.82, 2.24) is 25.1 Å². The molecular formula is C24H22N8O2. The maximum atomic E-state index is 12.5. The number of likely N-dealkylation sites (tertiary alicyclic amines) is 1. The molecule has 1 amide bonds. The fraction of sp³-hybridized carbons (Fsp3) is 0.208. The summed E-state index contributed by atoms with van der Waals surface area (Å²) in [4.78, 5) is 22.8. The number of aryl methyl sites for hydroxylation is 1. The standard InChI is InChI=1S/C24H22N8O2/c1-15-6-9-26-20(12-15)29-24(33)16-2-4-18(5-3-16)34-19-7-10-27-22-21(19)23(31-30-22)28-17-8-11-32(13-17)14-25/h2-7,9-10,12,17H,8,11,13H2,1H3,(H,26,29,33)(H2,27,28,30,31). The first-order valence-corrected chi connectivity index (χ1v) is 10.9. The fourth-order valence-electron chi connectivity index (χ4n) is 3.87. The highest BCUT2D eigenvalue weighted by molar-refractivity contribution is 6.03. The Morgan fingerprint density at radius 2 is 2.03 bits per heavy atom. The lowest BCUT2D eigenvalue weighted by molar-refractivity contribution is 0.102. The number of H-pyrrole nitrogens is 1. The summed E-state index contributed by atoms with van der Waals surface area (Å²) in [6.45, 7) is 3.29. The van der Waals surface area contributed by atoms with Crippen molar-refractivity contribution in [1.29, 1.82) is 5.26 Å². The predicted molar refractivity (Wildman–Crippen MR) is 127 cm³/mol. The number of aromatic nitrogens is 4. The van der Waals surface area contributed by atoms with Crippen LogP contribution in [0, 0.1) is 18.4 Å². The van der Waals surface area contributed by atoms with E-state index >= 15 is 0 Å². The van der Waals surface area contributed by atoms with Gasteiger partial charge in [0.25, 0.3) is 5.91 Å². The quantitative estimate of drug-likeness (QED) is 0.376. The lowest BCUT2D eigenvalue weighted by Gasteiger charge is -2.13. The molecule has 1 unspecified atom stereocenters. The van der Waals surface area contributed by atoms with E-state index in [1.54, 1.807) is 47.6 Å². The van der Waals surface area contributed by atoms with Crippen molar-refractivity contribution in [3.63, 3.8) is 0 Å². The van der Waals surface area contributed by atoms with E-state index in [2.05, 4.69) is 37.0 Å². The van der Waals surface area contributed by atoms with Crippen LogP contribution in [0.5, 0.6) is 11.5 Å². The molecule has 3 aromatic heterocycles. The van der Waals surface area contributed by atoms with Crippen LogP contribution >= 0.6 is 0 Å². The number of rotatable bonds is 6. The fourth-order valence-corrected chi connectivity index (χ4v) is 3.87. The van der Waals surface area contributed by atoms with E-state index in [-0.39, 0.29) is 11.9 Å². The molecule has 10 nitrogen and oxygen atoms in total. The lowest BCUT2D eigenvalue weighted by Crippen LogP contribution is -2.23. The third kappa shape index (κ3) is 4.45. The molecule has 1 aliphatic heterocycles. The van der Waals surface area contributed by atoms with Crippen LogP contribution in [0.25, 0.3) is 11.0 Å². The number of amides is 1. The Hall–Kier alpha value is -4.65. The molecular weight excluding hydrogens is 432 g/mol. The molecule has 1 saturated heterocycles. The second-order valence-electron chi connectivity index (χ2n) is 8.08. The molecule has 170 valence electrons. The number of carbonyl (C=O) groups excluding carboxylic acids is 1. The number of fused-ring (bicyclic) bond motifs is 1. The smallest absolute Gasteiger partial charge is 0.256 e. The highest BCUT2D eigenvalue weighted by atomic mass is 16.5. The minimum Gasteiger partial charge on any atom is -0.456 e. The van der Waals surface area contributed by atoms with Gasteiger partial charge in [0.1, 0.15) is 22.7 Å². The molecule has 5 rings (SSSR count). The van der Waals surface area contributed by atoms with E-state index in [9.17, 15) is 4.79 Å². The van der Waals surface area contributed by atoms with Crippen LogP contribution in [0.15, 0.2) is 54.9 Å². The Morgan fingerprint density at radius 1 is 1.21 bits per heavy atom. The highest BCUT2D eigenvalue weighted by Gasteiger charge is 2.24. The van der Waals surface area contributed by atoms with Crippen molar-refractivity contribution < 1.29 is 9.53 Å². The topological polar surface area (TPSA) is 132 Å². The Bertz CT molecular complexity index is 1380. The molecule has 1 atom stereocenters. The predicted octanol–water partition coefficient (Wildman–Crippen LogP) is 3.67. The Kier molecular flexibility index (Phi) is 5.66. The summed E-state index contributed by atoms with van der Waals surface area (Å²) in [5.74, 6) is 2.04. The monoisotopic (exact) mass is 454 g/mol. The normalized spacial score (nSPS) is 15.2. The van der Waals surface area contributed by atoms with E-state index in [0.29, 0.717) is 40.9 Å². The van der Waals surface area contributed by atoms with Crippen molar-refractivity contribution in [2.75, 3.05) is 23.7 Å². The first-order valence-electron chi connectivity index (χ1n) is 10.9. The first-order chi connectivity index (χ1) is 16.6. The molecule has 0 aliphatic carbocycles. The number of ether oxygens (including phenoxy) is 1. The zero-order chi connectivity index (χ0) is 23.5.